The van der Waals surface area contributed by atoms with Crippen LogP contribution in [0, 0.1) is 0 Å². The van der Waals surface area contributed by atoms with Crippen molar-refractivity contribution < 1.29 is 49.3 Å². The van der Waals surface area contributed by atoms with Crippen LogP contribution in [-0.2, 0) is 23.8 Å². The van der Waals surface area contributed by atoms with Gasteiger partial charge in [0, 0.05) is 6.42 Å². The highest BCUT2D eigenvalue weighted by molar-refractivity contribution is 5.80. The fraction of sp³-hybridized carbons (Fsp3) is 0.925. The van der Waals surface area contributed by atoms with Crippen LogP contribution < -0.4 is 5.32 Å². The lowest BCUT2D eigenvalue weighted by molar-refractivity contribution is -0.305. The van der Waals surface area contributed by atoms with E-state index in [1.807, 2.05) is 6.08 Å². The normalized spacial score (nSPS) is 18.0. The monoisotopic (exact) mass is 1290 g/mol. The van der Waals surface area contributed by atoms with Crippen LogP contribution in [0.1, 0.15) is 412 Å². The molecular formula is C80H153NO10. The number of hydrogen-bond donors (Lipinski definition) is 6. The standard InChI is InChI=1S/C80H153NO10/c1-4-7-10-13-16-19-22-24-26-28-30-32-34-36-38-39-41-43-45-47-49-52-55-58-61-64-67-73(84)79(88)81-71(72(83)66-63-60-57-54-51-21-18-15-12-9-6-3)70-89-80-78(77(87)76(86)74(69-82)90-80)91-75(85)68-65-62-59-56-53-50-48-46-44-42-40-37-35-33-31-29-27-25-23-20-17-14-11-8-5-2/h24,26,63,66,71-74,76-78,80,82-84,86-87H,4-23,25,27-62,64-65,67-70H2,1-3H3,(H,81,88)/b26-24+,66-63+. The van der Waals surface area contributed by atoms with E-state index in [0.717, 1.165) is 57.8 Å². The Morgan fingerprint density at radius 2 is 0.725 bits per heavy atom. The van der Waals surface area contributed by atoms with E-state index in [1.165, 1.54) is 308 Å². The fourth-order valence-electron chi connectivity index (χ4n) is 13.1. The minimum absolute atomic E-state index is 0.131. The van der Waals surface area contributed by atoms with Crippen molar-refractivity contribution in [2.75, 3.05) is 13.2 Å². The summed E-state index contributed by atoms with van der Waals surface area (Å²) in [4.78, 5) is 26.8. The summed E-state index contributed by atoms with van der Waals surface area (Å²) in [5.74, 6) is -1.17. The van der Waals surface area contributed by atoms with Gasteiger partial charge in [-0.15, -0.1) is 0 Å². The summed E-state index contributed by atoms with van der Waals surface area (Å²) in [7, 11) is 0. The van der Waals surface area contributed by atoms with E-state index in [9.17, 15) is 35.1 Å². The molecule has 1 aliphatic heterocycles. The number of allylic oxidation sites excluding steroid dienone is 3. The van der Waals surface area contributed by atoms with Crippen molar-refractivity contribution in [3.63, 3.8) is 0 Å². The fourth-order valence-corrected chi connectivity index (χ4v) is 13.1. The van der Waals surface area contributed by atoms with E-state index in [1.54, 1.807) is 6.08 Å². The summed E-state index contributed by atoms with van der Waals surface area (Å²) in [5, 5.41) is 57.4. The number of carbonyl (C=O) groups excluding carboxylic acids is 2. The molecule has 1 fully saturated rings. The van der Waals surface area contributed by atoms with E-state index in [0.29, 0.717) is 19.3 Å². The number of nitrogens with one attached hydrogen (secondary N) is 1. The average Bonchev–Trinajstić information content (AvgIpc) is 1.02. The Hall–Kier alpha value is -1.86. The predicted octanol–water partition coefficient (Wildman–Crippen LogP) is 21.5. The van der Waals surface area contributed by atoms with E-state index in [2.05, 4.69) is 38.2 Å². The lowest BCUT2D eigenvalue weighted by atomic mass is 9.99. The molecular weight excluding hydrogens is 1130 g/mol. The molecule has 11 nitrogen and oxygen atoms in total. The molecule has 8 atom stereocenters. The van der Waals surface area contributed by atoms with Gasteiger partial charge in [0.05, 0.1) is 25.4 Å². The van der Waals surface area contributed by atoms with Crippen molar-refractivity contribution in [1.29, 1.82) is 0 Å². The van der Waals surface area contributed by atoms with Crippen molar-refractivity contribution in [2.45, 2.75) is 461 Å². The first-order valence-corrected chi connectivity index (χ1v) is 40.1. The maximum Gasteiger partial charge on any atom is 0.306 e. The highest BCUT2D eigenvalue weighted by atomic mass is 16.7. The van der Waals surface area contributed by atoms with Gasteiger partial charge in [0.2, 0.25) is 5.91 Å². The largest absolute Gasteiger partial charge is 0.454 e. The van der Waals surface area contributed by atoms with E-state index in [-0.39, 0.29) is 13.0 Å². The Bertz CT molecular complexity index is 1580. The molecule has 538 valence electrons. The van der Waals surface area contributed by atoms with Crippen LogP contribution >= 0.6 is 0 Å². The molecule has 6 N–H and O–H groups in total. The molecule has 0 aromatic heterocycles. The first-order chi connectivity index (χ1) is 44.7. The Morgan fingerprint density at radius 3 is 1.07 bits per heavy atom. The zero-order chi connectivity index (χ0) is 66.0. The molecule has 0 aromatic carbocycles. The smallest absolute Gasteiger partial charge is 0.306 e. The van der Waals surface area contributed by atoms with Crippen molar-refractivity contribution in [3.8, 4) is 0 Å². The second kappa shape index (κ2) is 68.1. The van der Waals surface area contributed by atoms with Crippen LogP contribution in [0.3, 0.4) is 0 Å². The Balaban J connectivity index is 2.45. The zero-order valence-corrected chi connectivity index (χ0v) is 60.3. The number of aliphatic hydroxyl groups excluding tert-OH is 5. The molecule has 1 aliphatic rings. The Labute approximate surface area is 562 Å². The number of carbonyl (C=O) groups is 2. The summed E-state index contributed by atoms with van der Waals surface area (Å²) >= 11 is 0. The summed E-state index contributed by atoms with van der Waals surface area (Å²) in [5.41, 5.74) is 0. The van der Waals surface area contributed by atoms with Crippen molar-refractivity contribution >= 4 is 11.9 Å². The highest BCUT2D eigenvalue weighted by Gasteiger charge is 2.47. The molecule has 0 aromatic rings. The quantitative estimate of drug-likeness (QED) is 0.0195. The predicted molar refractivity (Wildman–Crippen MR) is 384 cm³/mol. The van der Waals surface area contributed by atoms with Gasteiger partial charge in [-0.2, -0.15) is 0 Å². The van der Waals surface area contributed by atoms with Gasteiger partial charge in [-0.3, -0.25) is 9.59 Å². The zero-order valence-electron chi connectivity index (χ0n) is 60.3. The number of amides is 1. The number of ether oxygens (including phenoxy) is 3. The maximum atomic E-state index is 13.5. The van der Waals surface area contributed by atoms with E-state index in [4.69, 9.17) is 14.2 Å². The van der Waals surface area contributed by atoms with Crippen molar-refractivity contribution in [1.82, 2.24) is 5.32 Å². The molecule has 0 radical (unpaired) electrons. The first kappa shape index (κ1) is 87.2. The third kappa shape index (κ3) is 54.9. The Kier molecular flexibility index (Phi) is 65.2. The maximum absolute atomic E-state index is 13.5. The van der Waals surface area contributed by atoms with Crippen LogP contribution in [0.15, 0.2) is 24.3 Å². The molecule has 91 heavy (non-hydrogen) atoms. The van der Waals surface area contributed by atoms with E-state index < -0.39 is 67.4 Å². The second-order valence-corrected chi connectivity index (χ2v) is 28.2. The molecule has 0 aliphatic carbocycles. The number of esters is 1. The van der Waals surface area contributed by atoms with E-state index >= 15 is 0 Å². The molecule has 11 heteroatoms. The molecule has 1 amide bonds. The molecule has 0 saturated carbocycles. The highest BCUT2D eigenvalue weighted by Crippen LogP contribution is 2.27. The third-order valence-corrected chi connectivity index (χ3v) is 19.4. The van der Waals surface area contributed by atoms with Crippen LogP contribution in [0.2, 0.25) is 0 Å². The van der Waals surface area contributed by atoms with Crippen LogP contribution in [0.5, 0.6) is 0 Å². The summed E-state index contributed by atoms with van der Waals surface area (Å²) in [6.07, 6.45) is 73.9. The van der Waals surface area contributed by atoms with Gasteiger partial charge in [-0.1, -0.05) is 379 Å². The lowest BCUT2D eigenvalue weighted by Crippen LogP contribution is -2.61. The topological polar surface area (TPSA) is 175 Å². The number of unbranched alkanes of at least 4 members (excludes halogenated alkanes) is 55. The molecule has 1 heterocycles. The molecule has 1 rings (SSSR count). The third-order valence-electron chi connectivity index (χ3n) is 19.4. The number of aliphatic hydroxyl groups is 5. The van der Waals surface area contributed by atoms with Gasteiger partial charge < -0.3 is 45.1 Å². The Morgan fingerprint density at radius 1 is 0.418 bits per heavy atom. The minimum Gasteiger partial charge on any atom is -0.454 e. The van der Waals surface area contributed by atoms with Gasteiger partial charge in [-0.05, 0) is 51.4 Å². The van der Waals surface area contributed by atoms with Crippen molar-refractivity contribution in [2.24, 2.45) is 0 Å². The molecule has 0 bridgehead atoms. The molecule has 1 saturated heterocycles. The van der Waals surface area contributed by atoms with Gasteiger partial charge in [-0.25, -0.2) is 0 Å². The van der Waals surface area contributed by atoms with Gasteiger partial charge in [0.15, 0.2) is 12.4 Å². The molecule has 8 unspecified atom stereocenters. The van der Waals surface area contributed by atoms with Crippen LogP contribution in [0.25, 0.3) is 0 Å². The summed E-state index contributed by atoms with van der Waals surface area (Å²) in [6.45, 7) is 5.86. The van der Waals surface area contributed by atoms with Gasteiger partial charge >= 0.3 is 5.97 Å². The SMILES string of the molecule is CCCCCCCC/C=C/CCCCCCCCCCCCCCCCCCC(O)C(=O)NC(COC1OC(CO)C(O)C(O)C1OC(=O)CCCCCCCCCCCCCCCCCCCCCCCCCCC)C(O)/C=C/CCCCCCCCCCC. The second-order valence-electron chi connectivity index (χ2n) is 28.2. The lowest BCUT2D eigenvalue weighted by Gasteiger charge is -2.41. The summed E-state index contributed by atoms with van der Waals surface area (Å²) < 4.78 is 17.8. The molecule has 0 spiro atoms. The van der Waals surface area contributed by atoms with Crippen LogP contribution in [-0.4, -0.2) is 99.6 Å². The first-order valence-electron chi connectivity index (χ1n) is 40.1. The number of rotatable bonds is 71. The minimum atomic E-state index is -1.61. The van der Waals surface area contributed by atoms with Crippen molar-refractivity contribution in [3.05, 3.63) is 24.3 Å². The van der Waals surface area contributed by atoms with Crippen LogP contribution in [0.4, 0.5) is 0 Å². The van der Waals surface area contributed by atoms with Gasteiger partial charge in [0.25, 0.3) is 0 Å². The average molecular weight is 1290 g/mol. The number of hydrogen-bond acceptors (Lipinski definition) is 10. The van der Waals surface area contributed by atoms with Gasteiger partial charge in [0.1, 0.15) is 24.4 Å². The summed E-state index contributed by atoms with van der Waals surface area (Å²) in [6, 6.07) is -1.02.